The van der Waals surface area contributed by atoms with E-state index in [4.69, 9.17) is 9.51 Å². The van der Waals surface area contributed by atoms with Gasteiger partial charge in [-0.1, -0.05) is 46.8 Å². The highest BCUT2D eigenvalue weighted by molar-refractivity contribution is 7.19. The van der Waals surface area contributed by atoms with Crippen molar-refractivity contribution < 1.29 is 13.7 Å². The van der Waals surface area contributed by atoms with Crippen molar-refractivity contribution in [3.05, 3.63) is 78.7 Å². The number of thiazole rings is 1. The summed E-state index contributed by atoms with van der Waals surface area (Å²) in [4.78, 5) is 27.0. The van der Waals surface area contributed by atoms with Crippen molar-refractivity contribution in [3.8, 4) is 33.3 Å². The molecule has 0 unspecified atom stereocenters. The summed E-state index contributed by atoms with van der Waals surface area (Å²) < 4.78 is 20.3. The van der Waals surface area contributed by atoms with Gasteiger partial charge in [-0.05, 0) is 30.7 Å². The van der Waals surface area contributed by atoms with Crippen LogP contribution in [-0.2, 0) is 18.3 Å². The Bertz CT molecular complexity index is 1440. The summed E-state index contributed by atoms with van der Waals surface area (Å²) in [6.07, 6.45) is 4.86. The van der Waals surface area contributed by atoms with Gasteiger partial charge in [-0.25, -0.2) is 14.4 Å². The zero-order valence-electron chi connectivity index (χ0n) is 18.8. The number of rotatable bonds is 8. The molecule has 2 aromatic carbocycles. The van der Waals surface area contributed by atoms with Gasteiger partial charge < -0.3 is 14.4 Å². The van der Waals surface area contributed by atoms with Crippen LogP contribution in [0.5, 0.6) is 0 Å². The van der Waals surface area contributed by atoms with Gasteiger partial charge in [0.15, 0.2) is 11.0 Å². The van der Waals surface area contributed by atoms with E-state index in [2.05, 4.69) is 20.4 Å². The van der Waals surface area contributed by atoms with Gasteiger partial charge in [0.25, 0.3) is 0 Å². The number of amides is 1. The fraction of sp³-hybridized carbons (Fsp3) is 0.160. The highest BCUT2D eigenvalue weighted by Gasteiger charge is 2.19. The highest BCUT2D eigenvalue weighted by atomic mass is 32.1. The SMILES string of the molecule is Cn1ccnc1-c1sc(NC(=O)CCCc2nc(-c3ccc(F)cc3)no2)nc1-c1ccccc1. The molecule has 35 heavy (non-hydrogen) atoms. The molecule has 10 heteroatoms. The van der Waals surface area contributed by atoms with E-state index in [1.54, 1.807) is 18.3 Å². The molecule has 0 atom stereocenters. The molecule has 3 heterocycles. The van der Waals surface area contributed by atoms with Crippen LogP contribution < -0.4 is 5.32 Å². The molecule has 0 fully saturated rings. The lowest BCUT2D eigenvalue weighted by atomic mass is 10.1. The quantitative estimate of drug-likeness (QED) is 0.316. The number of anilines is 1. The van der Waals surface area contributed by atoms with E-state index in [1.165, 1.54) is 23.5 Å². The number of nitrogens with one attached hydrogen (secondary N) is 1. The standard InChI is InChI=1S/C25H21FN6O2S/c1-32-15-14-27-24(32)22-21(16-6-3-2-4-7-16)30-25(35-22)28-19(33)8-5-9-20-29-23(31-34-20)17-10-12-18(26)13-11-17/h2-4,6-7,10-15H,5,8-9H2,1H3,(H,28,30,33). The maximum Gasteiger partial charge on any atom is 0.226 e. The number of carbonyl (C=O) groups excluding carboxylic acids is 1. The zero-order chi connectivity index (χ0) is 24.2. The number of hydrogen-bond acceptors (Lipinski definition) is 7. The molecule has 5 aromatic rings. The summed E-state index contributed by atoms with van der Waals surface area (Å²) in [7, 11) is 1.92. The molecule has 0 aliphatic heterocycles. The number of aromatic nitrogens is 5. The van der Waals surface area contributed by atoms with Crippen LogP contribution in [-0.4, -0.2) is 30.6 Å². The topological polar surface area (TPSA) is 98.7 Å². The first-order valence-corrected chi connectivity index (χ1v) is 11.8. The minimum Gasteiger partial charge on any atom is -0.339 e. The summed E-state index contributed by atoms with van der Waals surface area (Å²) in [6.45, 7) is 0. The van der Waals surface area contributed by atoms with E-state index in [1.807, 2.05) is 48.1 Å². The minimum atomic E-state index is -0.327. The number of aryl methyl sites for hydroxylation is 2. The molecule has 8 nitrogen and oxygen atoms in total. The summed E-state index contributed by atoms with van der Waals surface area (Å²) in [5, 5.41) is 7.35. The second-order valence-corrected chi connectivity index (χ2v) is 8.84. The Morgan fingerprint density at radius 2 is 1.89 bits per heavy atom. The zero-order valence-corrected chi connectivity index (χ0v) is 19.6. The average molecular weight is 489 g/mol. The van der Waals surface area contributed by atoms with Gasteiger partial charge in [-0.15, -0.1) is 0 Å². The van der Waals surface area contributed by atoms with Crippen LogP contribution in [0, 0.1) is 5.82 Å². The van der Waals surface area contributed by atoms with Gasteiger partial charge in [-0.3, -0.25) is 4.79 Å². The normalized spacial score (nSPS) is 11.0. The molecule has 0 saturated heterocycles. The Labute approximate surface area is 204 Å². The number of benzene rings is 2. The van der Waals surface area contributed by atoms with Crippen LogP contribution >= 0.6 is 11.3 Å². The van der Waals surface area contributed by atoms with E-state index in [-0.39, 0.29) is 18.1 Å². The lowest BCUT2D eigenvalue weighted by molar-refractivity contribution is -0.116. The number of carbonyl (C=O) groups is 1. The number of halogens is 1. The molecule has 176 valence electrons. The van der Waals surface area contributed by atoms with Crippen LogP contribution in [0.2, 0.25) is 0 Å². The average Bonchev–Trinajstić information content (AvgIpc) is 3.60. The van der Waals surface area contributed by atoms with Crippen LogP contribution in [0.1, 0.15) is 18.7 Å². The monoisotopic (exact) mass is 488 g/mol. The summed E-state index contributed by atoms with van der Waals surface area (Å²) in [5.41, 5.74) is 2.40. The Morgan fingerprint density at radius 1 is 1.09 bits per heavy atom. The second kappa shape index (κ2) is 9.98. The van der Waals surface area contributed by atoms with Gasteiger partial charge in [0.1, 0.15) is 5.82 Å². The van der Waals surface area contributed by atoms with Crippen LogP contribution in [0.25, 0.3) is 33.3 Å². The molecule has 0 aliphatic rings. The Hall–Kier alpha value is -4.18. The maximum atomic E-state index is 13.1. The van der Waals surface area contributed by atoms with Gasteiger partial charge >= 0.3 is 0 Å². The summed E-state index contributed by atoms with van der Waals surface area (Å²) in [5.74, 6) is 1.13. The first-order chi connectivity index (χ1) is 17.1. The first kappa shape index (κ1) is 22.6. The van der Waals surface area contributed by atoms with Crippen LogP contribution in [0.15, 0.2) is 71.5 Å². The molecule has 0 spiro atoms. The molecule has 3 aromatic heterocycles. The number of hydrogen-bond donors (Lipinski definition) is 1. The molecular weight excluding hydrogens is 467 g/mol. The van der Waals surface area contributed by atoms with Crippen molar-refractivity contribution in [2.24, 2.45) is 7.05 Å². The minimum absolute atomic E-state index is 0.150. The molecular formula is C25H21FN6O2S. The highest BCUT2D eigenvalue weighted by Crippen LogP contribution is 2.38. The lowest BCUT2D eigenvalue weighted by Crippen LogP contribution is -2.11. The molecule has 0 saturated carbocycles. The summed E-state index contributed by atoms with van der Waals surface area (Å²) in [6, 6.07) is 15.7. The van der Waals surface area contributed by atoms with E-state index >= 15 is 0 Å². The number of imidazole rings is 1. The van der Waals surface area contributed by atoms with E-state index in [9.17, 15) is 9.18 Å². The third kappa shape index (κ3) is 5.17. The molecule has 0 radical (unpaired) electrons. The van der Waals surface area contributed by atoms with Crippen molar-refractivity contribution in [1.29, 1.82) is 0 Å². The molecule has 0 aliphatic carbocycles. The Morgan fingerprint density at radius 3 is 2.63 bits per heavy atom. The van der Waals surface area contributed by atoms with Crippen molar-refractivity contribution in [2.45, 2.75) is 19.3 Å². The van der Waals surface area contributed by atoms with E-state index < -0.39 is 0 Å². The number of nitrogens with zero attached hydrogens (tertiary/aromatic N) is 5. The van der Waals surface area contributed by atoms with E-state index in [0.29, 0.717) is 35.3 Å². The van der Waals surface area contributed by atoms with Crippen LogP contribution in [0.4, 0.5) is 9.52 Å². The van der Waals surface area contributed by atoms with Crippen LogP contribution in [0.3, 0.4) is 0 Å². The fourth-order valence-electron chi connectivity index (χ4n) is 3.56. The van der Waals surface area contributed by atoms with Gasteiger partial charge in [0.2, 0.25) is 17.6 Å². The Kier molecular flexibility index (Phi) is 6.44. The predicted molar refractivity (Wildman–Crippen MR) is 131 cm³/mol. The largest absolute Gasteiger partial charge is 0.339 e. The van der Waals surface area contributed by atoms with Crippen molar-refractivity contribution in [3.63, 3.8) is 0 Å². The smallest absolute Gasteiger partial charge is 0.226 e. The van der Waals surface area contributed by atoms with Gasteiger partial charge in [0, 0.05) is 43.4 Å². The predicted octanol–water partition coefficient (Wildman–Crippen LogP) is 5.36. The summed E-state index contributed by atoms with van der Waals surface area (Å²) >= 11 is 1.39. The van der Waals surface area contributed by atoms with E-state index in [0.717, 1.165) is 22.0 Å². The molecule has 1 amide bonds. The third-order valence-corrected chi connectivity index (χ3v) is 6.28. The Balaban J connectivity index is 1.23. The van der Waals surface area contributed by atoms with Gasteiger partial charge in [-0.2, -0.15) is 4.98 Å². The molecule has 5 rings (SSSR count). The third-order valence-electron chi connectivity index (χ3n) is 5.31. The van der Waals surface area contributed by atoms with Crippen molar-refractivity contribution in [2.75, 3.05) is 5.32 Å². The van der Waals surface area contributed by atoms with Gasteiger partial charge in [0.05, 0.1) is 10.6 Å². The molecule has 1 N–H and O–H groups in total. The maximum absolute atomic E-state index is 13.1. The second-order valence-electron chi connectivity index (χ2n) is 7.84. The van der Waals surface area contributed by atoms with Crippen molar-refractivity contribution in [1.82, 2.24) is 24.7 Å². The molecule has 0 bridgehead atoms. The fourth-order valence-corrected chi connectivity index (χ4v) is 4.60. The first-order valence-electron chi connectivity index (χ1n) is 11.0. The van der Waals surface area contributed by atoms with Crippen molar-refractivity contribution >= 4 is 22.4 Å². The lowest BCUT2D eigenvalue weighted by Gasteiger charge is -2.02.